The van der Waals surface area contributed by atoms with Gasteiger partial charge in [0.25, 0.3) is 5.56 Å². The highest BCUT2D eigenvalue weighted by Crippen LogP contribution is 2.34. The van der Waals surface area contributed by atoms with Gasteiger partial charge in [0.15, 0.2) is 11.5 Å². The third kappa shape index (κ3) is 5.58. The Labute approximate surface area is 209 Å². The molecule has 1 atom stereocenters. The first-order chi connectivity index (χ1) is 16.1. The van der Waals surface area contributed by atoms with Crippen LogP contribution in [0.15, 0.2) is 57.4 Å². The molecule has 3 rings (SSSR count). The Morgan fingerprint density at radius 1 is 1.26 bits per heavy atom. The average molecular weight is 526 g/mol. The van der Waals surface area contributed by atoms with Crippen molar-refractivity contribution in [1.82, 2.24) is 9.66 Å². The van der Waals surface area contributed by atoms with Crippen LogP contribution in [0, 0.1) is 0 Å². The predicted octanol–water partition coefficient (Wildman–Crippen LogP) is 6.25. The summed E-state index contributed by atoms with van der Waals surface area (Å²) in [4.78, 5) is 18.2. The third-order valence-corrected chi connectivity index (χ3v) is 5.93. The highest BCUT2D eigenvalue weighted by molar-refractivity contribution is 9.10. The van der Waals surface area contributed by atoms with E-state index in [2.05, 4.69) is 34.5 Å². The van der Waals surface area contributed by atoms with Crippen molar-refractivity contribution in [2.45, 2.75) is 59.0 Å². The summed E-state index contributed by atoms with van der Waals surface area (Å²) in [5, 5.41) is 5.09. The standard InChI is InChI=1S/C27H32BrN3O3/c1-8-10-19-13-18(14-23(33-7)24(19)34-17(3)9-2)16-29-31-25(32)21-15-20(28)11-12-22(21)30-26(31)27(4,5)6/h8,11-17H,1,9-10H2,2-7H3/t17-/m0/s1. The van der Waals surface area contributed by atoms with Gasteiger partial charge in [0.2, 0.25) is 0 Å². The smallest absolute Gasteiger partial charge is 0.282 e. The van der Waals surface area contributed by atoms with Crippen LogP contribution in [0.5, 0.6) is 11.5 Å². The predicted molar refractivity (Wildman–Crippen MR) is 143 cm³/mol. The summed E-state index contributed by atoms with van der Waals surface area (Å²) < 4.78 is 14.0. The van der Waals surface area contributed by atoms with Crippen molar-refractivity contribution in [3.8, 4) is 11.5 Å². The molecule has 7 heteroatoms. The molecule has 0 unspecified atom stereocenters. The fourth-order valence-electron chi connectivity index (χ4n) is 3.50. The molecule has 0 radical (unpaired) electrons. The lowest BCUT2D eigenvalue weighted by Gasteiger charge is -2.21. The Kier molecular flexibility index (Phi) is 7.97. The van der Waals surface area contributed by atoms with Gasteiger partial charge in [-0.05, 0) is 55.7 Å². The Hall–Kier alpha value is -2.93. The topological polar surface area (TPSA) is 65.7 Å². The van der Waals surface area contributed by atoms with Gasteiger partial charge >= 0.3 is 0 Å². The van der Waals surface area contributed by atoms with E-state index < -0.39 is 5.41 Å². The normalized spacial score (nSPS) is 12.8. The second-order valence-corrected chi connectivity index (χ2v) is 10.2. The fourth-order valence-corrected chi connectivity index (χ4v) is 3.86. The molecule has 34 heavy (non-hydrogen) atoms. The van der Waals surface area contributed by atoms with Gasteiger partial charge in [-0.1, -0.05) is 49.7 Å². The van der Waals surface area contributed by atoms with Gasteiger partial charge in [0.1, 0.15) is 5.82 Å². The number of nitrogens with zero attached hydrogens (tertiary/aromatic N) is 3. The third-order valence-electron chi connectivity index (χ3n) is 5.43. The van der Waals surface area contributed by atoms with Crippen molar-refractivity contribution in [3.05, 3.63) is 74.8 Å². The van der Waals surface area contributed by atoms with Gasteiger partial charge in [-0.15, -0.1) is 6.58 Å². The van der Waals surface area contributed by atoms with Crippen LogP contribution in [0.2, 0.25) is 0 Å². The largest absolute Gasteiger partial charge is 0.493 e. The Balaban J connectivity index is 2.17. The fraction of sp³-hybridized carbons (Fsp3) is 0.370. The van der Waals surface area contributed by atoms with E-state index in [4.69, 9.17) is 14.5 Å². The van der Waals surface area contributed by atoms with Gasteiger partial charge in [-0.3, -0.25) is 4.79 Å². The van der Waals surface area contributed by atoms with Crippen LogP contribution in [0.4, 0.5) is 0 Å². The monoisotopic (exact) mass is 525 g/mol. The van der Waals surface area contributed by atoms with Crippen LogP contribution in [0.25, 0.3) is 10.9 Å². The minimum atomic E-state index is -0.391. The molecule has 0 fully saturated rings. The van der Waals surface area contributed by atoms with E-state index in [1.807, 2.05) is 58.0 Å². The summed E-state index contributed by atoms with van der Waals surface area (Å²) in [6.07, 6.45) is 5.02. The molecule has 2 aromatic carbocycles. The summed E-state index contributed by atoms with van der Waals surface area (Å²) in [5.74, 6) is 1.90. The molecule has 0 aliphatic carbocycles. The Bertz CT molecular complexity index is 1290. The summed E-state index contributed by atoms with van der Waals surface area (Å²) in [6.45, 7) is 14.0. The molecule has 0 saturated carbocycles. The lowest BCUT2D eigenvalue weighted by molar-refractivity contribution is 0.206. The Morgan fingerprint density at radius 2 is 2.00 bits per heavy atom. The van der Waals surface area contributed by atoms with E-state index in [1.165, 1.54) is 4.68 Å². The van der Waals surface area contributed by atoms with Gasteiger partial charge < -0.3 is 9.47 Å². The molecular weight excluding hydrogens is 494 g/mol. The molecule has 0 aliphatic rings. The molecule has 3 aromatic rings. The molecule has 0 N–H and O–H groups in total. The van der Waals surface area contributed by atoms with Crippen LogP contribution in [0.3, 0.4) is 0 Å². The minimum absolute atomic E-state index is 0.0490. The van der Waals surface area contributed by atoms with Crippen molar-refractivity contribution in [2.75, 3.05) is 7.11 Å². The number of benzene rings is 2. The first-order valence-corrected chi connectivity index (χ1v) is 12.1. The number of methoxy groups -OCH3 is 1. The zero-order valence-electron chi connectivity index (χ0n) is 20.7. The lowest BCUT2D eigenvalue weighted by atomic mass is 9.95. The number of aromatic nitrogens is 2. The second kappa shape index (κ2) is 10.6. The number of fused-ring (bicyclic) bond motifs is 1. The summed E-state index contributed by atoms with van der Waals surface area (Å²) in [7, 11) is 1.62. The van der Waals surface area contributed by atoms with Crippen molar-refractivity contribution in [1.29, 1.82) is 0 Å². The maximum atomic E-state index is 13.4. The number of halogens is 1. The molecule has 0 saturated heterocycles. The van der Waals surface area contributed by atoms with E-state index in [9.17, 15) is 4.79 Å². The summed E-state index contributed by atoms with van der Waals surface area (Å²) >= 11 is 3.44. The zero-order valence-corrected chi connectivity index (χ0v) is 22.3. The van der Waals surface area contributed by atoms with E-state index in [0.29, 0.717) is 34.6 Å². The Morgan fingerprint density at radius 3 is 2.62 bits per heavy atom. The number of hydrogen-bond acceptors (Lipinski definition) is 5. The summed E-state index contributed by atoms with van der Waals surface area (Å²) in [6, 6.07) is 9.34. The van der Waals surface area contributed by atoms with Crippen molar-refractivity contribution in [3.63, 3.8) is 0 Å². The molecule has 1 heterocycles. The molecule has 0 bridgehead atoms. The molecule has 0 amide bonds. The average Bonchev–Trinajstić information content (AvgIpc) is 2.79. The molecule has 0 spiro atoms. The number of ether oxygens (including phenoxy) is 2. The number of allylic oxidation sites excluding steroid dienone is 1. The molecule has 1 aromatic heterocycles. The van der Waals surface area contributed by atoms with Gasteiger partial charge in [0.05, 0.1) is 30.3 Å². The first-order valence-electron chi connectivity index (χ1n) is 11.3. The van der Waals surface area contributed by atoms with Crippen molar-refractivity contribution in [2.24, 2.45) is 5.10 Å². The van der Waals surface area contributed by atoms with Crippen LogP contribution < -0.4 is 15.0 Å². The maximum absolute atomic E-state index is 13.4. The number of rotatable bonds is 8. The quantitative estimate of drug-likeness (QED) is 0.257. The van der Waals surface area contributed by atoms with Crippen LogP contribution in [-0.2, 0) is 11.8 Å². The highest BCUT2D eigenvalue weighted by atomic mass is 79.9. The van der Waals surface area contributed by atoms with E-state index in [-0.39, 0.29) is 11.7 Å². The molecular formula is C27H32BrN3O3. The zero-order chi connectivity index (χ0) is 25.0. The second-order valence-electron chi connectivity index (χ2n) is 9.25. The van der Waals surface area contributed by atoms with Gasteiger partial charge in [-0.25, -0.2) is 4.98 Å². The van der Waals surface area contributed by atoms with E-state index >= 15 is 0 Å². The van der Waals surface area contributed by atoms with Gasteiger partial charge in [-0.2, -0.15) is 9.78 Å². The van der Waals surface area contributed by atoms with Gasteiger partial charge in [0, 0.05) is 15.5 Å². The first kappa shape index (κ1) is 25.7. The van der Waals surface area contributed by atoms with Crippen LogP contribution in [-0.4, -0.2) is 29.1 Å². The van der Waals surface area contributed by atoms with Crippen LogP contribution in [0.1, 0.15) is 58.0 Å². The van der Waals surface area contributed by atoms with Crippen LogP contribution >= 0.6 is 15.9 Å². The molecule has 6 nitrogen and oxygen atoms in total. The summed E-state index contributed by atoms with van der Waals surface area (Å²) in [5.41, 5.74) is 1.76. The minimum Gasteiger partial charge on any atom is -0.493 e. The van der Waals surface area contributed by atoms with Crippen molar-refractivity contribution >= 4 is 33.0 Å². The van der Waals surface area contributed by atoms with E-state index in [0.717, 1.165) is 22.0 Å². The SMILES string of the molecule is C=CCc1cc(C=Nn2c(C(C)(C)C)nc3ccc(Br)cc3c2=O)cc(OC)c1O[C@@H](C)CC. The lowest BCUT2D eigenvalue weighted by Crippen LogP contribution is -2.29. The molecule has 0 aliphatic heterocycles. The van der Waals surface area contributed by atoms with Crippen molar-refractivity contribution < 1.29 is 9.47 Å². The maximum Gasteiger partial charge on any atom is 0.282 e. The van der Waals surface area contributed by atoms with E-state index in [1.54, 1.807) is 19.4 Å². The number of hydrogen-bond donors (Lipinski definition) is 0. The molecule has 180 valence electrons. The highest BCUT2D eigenvalue weighted by Gasteiger charge is 2.23.